The predicted molar refractivity (Wildman–Crippen MR) is 155 cm³/mol. The minimum Gasteiger partial charge on any atom is -0.369 e. The SMILES string of the molecule is CN1CCN(c2ccc3c(SSc4ccnc5cc(N6CCN(C)CC6)ccc45)ccnc3c2)CC1. The van der Waals surface area contributed by atoms with Crippen LogP contribution in [0, 0.1) is 0 Å². The van der Waals surface area contributed by atoms with Crippen LogP contribution < -0.4 is 9.80 Å². The van der Waals surface area contributed by atoms with Gasteiger partial charge in [-0.25, -0.2) is 0 Å². The number of piperazine rings is 2. The van der Waals surface area contributed by atoms with Gasteiger partial charge in [0.2, 0.25) is 0 Å². The quantitative estimate of drug-likeness (QED) is 0.340. The molecule has 0 unspecified atom stereocenters. The van der Waals surface area contributed by atoms with Gasteiger partial charge in [0.15, 0.2) is 0 Å². The topological polar surface area (TPSA) is 38.7 Å². The minimum atomic E-state index is 1.06. The summed E-state index contributed by atoms with van der Waals surface area (Å²) in [5, 5.41) is 2.42. The number of anilines is 2. The molecule has 6 rings (SSSR count). The Labute approximate surface area is 221 Å². The Morgan fingerprint density at radius 1 is 0.556 bits per heavy atom. The average Bonchev–Trinajstić information content (AvgIpc) is 2.92. The van der Waals surface area contributed by atoms with E-state index in [9.17, 15) is 0 Å². The van der Waals surface area contributed by atoms with Crippen molar-refractivity contribution in [2.24, 2.45) is 0 Å². The first-order chi connectivity index (χ1) is 17.6. The Kier molecular flexibility index (Phi) is 6.93. The second-order valence-electron chi connectivity index (χ2n) is 9.77. The molecule has 0 spiro atoms. The van der Waals surface area contributed by atoms with Gasteiger partial charge in [0, 0.05) is 96.7 Å². The molecule has 0 aliphatic carbocycles. The summed E-state index contributed by atoms with van der Waals surface area (Å²) in [5.41, 5.74) is 4.67. The van der Waals surface area contributed by atoms with Crippen molar-refractivity contribution in [2.75, 3.05) is 76.3 Å². The zero-order chi connectivity index (χ0) is 24.5. The molecule has 2 saturated heterocycles. The molecule has 2 aliphatic rings. The molecule has 2 aromatic heterocycles. The lowest BCUT2D eigenvalue weighted by molar-refractivity contribution is 0.313. The zero-order valence-corrected chi connectivity index (χ0v) is 22.6. The third-order valence-corrected chi connectivity index (χ3v) is 9.81. The van der Waals surface area contributed by atoms with E-state index in [4.69, 9.17) is 9.97 Å². The lowest BCUT2D eigenvalue weighted by Crippen LogP contribution is -2.44. The number of hydrogen-bond donors (Lipinski definition) is 0. The molecule has 0 amide bonds. The third kappa shape index (κ3) is 5.00. The molecule has 4 aromatic rings. The lowest BCUT2D eigenvalue weighted by atomic mass is 10.1. The Morgan fingerprint density at radius 3 is 1.39 bits per heavy atom. The molecule has 6 nitrogen and oxygen atoms in total. The maximum absolute atomic E-state index is 4.70. The first-order valence-corrected chi connectivity index (χ1v) is 14.8. The normalized spacial score (nSPS) is 17.8. The van der Waals surface area contributed by atoms with Crippen LogP contribution in [-0.2, 0) is 0 Å². The van der Waals surface area contributed by atoms with Gasteiger partial charge in [-0.3, -0.25) is 9.97 Å². The number of likely N-dealkylation sites (N-methyl/N-ethyl adjacent to an activating group) is 2. The second-order valence-corrected chi connectivity index (χ2v) is 12.0. The van der Waals surface area contributed by atoms with Crippen LogP contribution in [0.25, 0.3) is 21.8 Å². The highest BCUT2D eigenvalue weighted by Crippen LogP contribution is 2.43. The molecule has 0 radical (unpaired) electrons. The third-order valence-electron chi connectivity index (χ3n) is 7.33. The Bertz CT molecular complexity index is 1260. The van der Waals surface area contributed by atoms with Gasteiger partial charge in [-0.1, -0.05) is 21.6 Å². The lowest BCUT2D eigenvalue weighted by Gasteiger charge is -2.34. The van der Waals surface area contributed by atoms with Crippen molar-refractivity contribution in [3.63, 3.8) is 0 Å². The fourth-order valence-electron chi connectivity index (χ4n) is 4.98. The summed E-state index contributed by atoms with van der Waals surface area (Å²) in [4.78, 5) is 21.6. The van der Waals surface area contributed by atoms with E-state index >= 15 is 0 Å². The summed E-state index contributed by atoms with van der Waals surface area (Å²) < 4.78 is 0. The van der Waals surface area contributed by atoms with Crippen molar-refractivity contribution in [1.82, 2.24) is 19.8 Å². The number of hydrogen-bond acceptors (Lipinski definition) is 8. The van der Waals surface area contributed by atoms with Crippen LogP contribution in [0.4, 0.5) is 11.4 Å². The summed E-state index contributed by atoms with van der Waals surface area (Å²) in [6.07, 6.45) is 3.87. The van der Waals surface area contributed by atoms with Gasteiger partial charge in [-0.15, -0.1) is 0 Å². The number of pyridine rings is 2. The number of nitrogens with zero attached hydrogens (tertiary/aromatic N) is 6. The first kappa shape index (κ1) is 23.9. The fourth-order valence-corrected chi connectivity index (χ4v) is 7.33. The molecule has 2 fully saturated rings. The van der Waals surface area contributed by atoms with Crippen LogP contribution in [0.3, 0.4) is 0 Å². The van der Waals surface area contributed by atoms with Crippen molar-refractivity contribution in [1.29, 1.82) is 0 Å². The molecular weight excluding hydrogens is 484 g/mol. The predicted octanol–water partition coefficient (Wildman–Crippen LogP) is 5.09. The van der Waals surface area contributed by atoms with Gasteiger partial charge < -0.3 is 19.6 Å². The van der Waals surface area contributed by atoms with Crippen molar-refractivity contribution in [2.45, 2.75) is 9.79 Å². The zero-order valence-electron chi connectivity index (χ0n) is 20.9. The van der Waals surface area contributed by atoms with Gasteiger partial charge in [-0.05, 0) is 62.6 Å². The molecular formula is C28H32N6S2. The molecule has 2 aliphatic heterocycles. The van der Waals surface area contributed by atoms with Gasteiger partial charge >= 0.3 is 0 Å². The van der Waals surface area contributed by atoms with E-state index in [-0.39, 0.29) is 0 Å². The fraction of sp³-hybridized carbons (Fsp3) is 0.357. The van der Waals surface area contributed by atoms with Crippen LogP contribution in [-0.4, -0.2) is 86.2 Å². The molecule has 0 bridgehead atoms. The van der Waals surface area contributed by atoms with E-state index in [0.717, 1.165) is 63.4 Å². The van der Waals surface area contributed by atoms with E-state index < -0.39 is 0 Å². The molecule has 0 saturated carbocycles. The van der Waals surface area contributed by atoms with Crippen molar-refractivity contribution in [3.8, 4) is 0 Å². The minimum absolute atomic E-state index is 1.06. The highest BCUT2D eigenvalue weighted by Gasteiger charge is 2.17. The van der Waals surface area contributed by atoms with Crippen molar-refractivity contribution in [3.05, 3.63) is 60.9 Å². The summed E-state index contributed by atoms with van der Waals surface area (Å²) in [5.74, 6) is 0. The van der Waals surface area contributed by atoms with Crippen molar-refractivity contribution >= 4 is 54.8 Å². The summed E-state index contributed by atoms with van der Waals surface area (Å²) in [7, 11) is 8.00. The van der Waals surface area contributed by atoms with Gasteiger partial charge in [0.05, 0.1) is 11.0 Å². The van der Waals surface area contributed by atoms with E-state index in [1.807, 2.05) is 12.4 Å². The van der Waals surface area contributed by atoms with Crippen LogP contribution in [0.5, 0.6) is 0 Å². The number of fused-ring (bicyclic) bond motifs is 2. The molecule has 36 heavy (non-hydrogen) atoms. The van der Waals surface area contributed by atoms with Gasteiger partial charge in [0.1, 0.15) is 0 Å². The van der Waals surface area contributed by atoms with Crippen LogP contribution in [0.1, 0.15) is 0 Å². The van der Waals surface area contributed by atoms with Gasteiger partial charge in [-0.2, -0.15) is 0 Å². The van der Waals surface area contributed by atoms with Gasteiger partial charge in [0.25, 0.3) is 0 Å². The van der Waals surface area contributed by atoms with Crippen LogP contribution in [0.2, 0.25) is 0 Å². The average molecular weight is 517 g/mol. The number of aromatic nitrogens is 2. The monoisotopic (exact) mass is 516 g/mol. The molecule has 2 aromatic carbocycles. The largest absolute Gasteiger partial charge is 0.369 e. The smallest absolute Gasteiger partial charge is 0.0734 e. The van der Waals surface area contributed by atoms with E-state index in [0.29, 0.717) is 0 Å². The molecule has 0 atom stereocenters. The van der Waals surface area contributed by atoms with Crippen molar-refractivity contribution < 1.29 is 0 Å². The second kappa shape index (κ2) is 10.5. The maximum atomic E-state index is 4.70. The summed E-state index contributed by atoms with van der Waals surface area (Å²) in [6, 6.07) is 17.7. The van der Waals surface area contributed by atoms with E-state index in [2.05, 4.69) is 82.2 Å². The van der Waals surface area contributed by atoms with Crippen LogP contribution >= 0.6 is 21.6 Å². The van der Waals surface area contributed by atoms with E-state index in [1.165, 1.54) is 31.9 Å². The Balaban J connectivity index is 1.20. The molecule has 8 heteroatoms. The molecule has 0 N–H and O–H groups in total. The Morgan fingerprint density at radius 2 is 0.972 bits per heavy atom. The highest BCUT2D eigenvalue weighted by molar-refractivity contribution is 8.76. The molecule has 4 heterocycles. The maximum Gasteiger partial charge on any atom is 0.0734 e. The standard InChI is InChI=1S/C28H32N6S2/c1-31-11-15-33(16-12-31)21-3-5-23-25(19-21)29-9-7-27(23)35-36-28-8-10-30-26-20-22(4-6-24(26)28)34-17-13-32(2)14-18-34/h3-10,19-20H,11-18H2,1-2H3. The number of benzene rings is 2. The van der Waals surface area contributed by atoms with Crippen LogP contribution in [0.15, 0.2) is 70.7 Å². The summed E-state index contributed by atoms with van der Waals surface area (Å²) in [6.45, 7) is 8.69. The van der Waals surface area contributed by atoms with E-state index in [1.54, 1.807) is 21.6 Å². The molecule has 186 valence electrons. The first-order valence-electron chi connectivity index (χ1n) is 12.6. The summed E-state index contributed by atoms with van der Waals surface area (Å²) >= 11 is 0. The Hall–Kier alpha value is -2.52. The number of rotatable bonds is 5. The highest BCUT2D eigenvalue weighted by atomic mass is 33.1.